The first kappa shape index (κ1) is 20.3. The van der Waals surface area contributed by atoms with Crippen molar-refractivity contribution in [1.29, 1.82) is 0 Å². The molecular formula is C22H24N4O3S. The van der Waals surface area contributed by atoms with Crippen molar-refractivity contribution in [2.75, 3.05) is 25.5 Å². The Morgan fingerprint density at radius 1 is 1.10 bits per heavy atom. The summed E-state index contributed by atoms with van der Waals surface area (Å²) in [7, 11) is 1.91. The van der Waals surface area contributed by atoms with Crippen molar-refractivity contribution in [2.24, 2.45) is 7.05 Å². The number of aryl methyl sites for hydroxylation is 1. The van der Waals surface area contributed by atoms with Gasteiger partial charge in [-0.2, -0.15) is 0 Å². The highest BCUT2D eigenvalue weighted by Gasteiger charge is 2.14. The van der Waals surface area contributed by atoms with Crippen molar-refractivity contribution >= 4 is 17.7 Å². The minimum absolute atomic E-state index is 0.0302. The van der Waals surface area contributed by atoms with Crippen molar-refractivity contribution in [2.45, 2.75) is 18.5 Å². The average molecular weight is 425 g/mol. The van der Waals surface area contributed by atoms with Crippen molar-refractivity contribution < 1.29 is 14.3 Å². The fourth-order valence-electron chi connectivity index (χ4n) is 3.17. The number of carbonyl (C=O) groups is 1. The number of hydrogen-bond donors (Lipinski definition) is 1. The number of carbonyl (C=O) groups excluding carboxylic acids is 1. The van der Waals surface area contributed by atoms with E-state index in [9.17, 15) is 4.79 Å². The molecule has 0 fully saturated rings. The highest BCUT2D eigenvalue weighted by molar-refractivity contribution is 7.99. The summed E-state index contributed by atoms with van der Waals surface area (Å²) < 4.78 is 13.0. The first-order valence-corrected chi connectivity index (χ1v) is 10.8. The second-order valence-electron chi connectivity index (χ2n) is 7.10. The number of nitrogens with zero attached hydrogens (tertiary/aromatic N) is 3. The quantitative estimate of drug-likeness (QED) is 0.588. The van der Waals surface area contributed by atoms with Crippen LogP contribution < -0.4 is 14.8 Å². The molecule has 156 valence electrons. The molecule has 0 aliphatic carbocycles. The van der Waals surface area contributed by atoms with E-state index in [1.165, 1.54) is 17.3 Å². The van der Waals surface area contributed by atoms with Gasteiger partial charge in [0.25, 0.3) is 0 Å². The standard InChI is InChI=1S/C22H24N4O3S/c1-15-3-6-17(7-4-15)21-24-25-22(26(21)2)30-14-20(27)23-10-9-16-5-8-18-19(13-16)29-12-11-28-18/h3-8,13H,9-12,14H2,1-2H3,(H,23,27). The minimum atomic E-state index is -0.0302. The van der Waals surface area contributed by atoms with Crippen LogP contribution in [0.3, 0.4) is 0 Å². The minimum Gasteiger partial charge on any atom is -0.486 e. The third-order valence-corrected chi connectivity index (χ3v) is 5.84. The van der Waals surface area contributed by atoms with Gasteiger partial charge in [0.05, 0.1) is 5.75 Å². The Labute approximate surface area is 179 Å². The average Bonchev–Trinajstić information content (AvgIpc) is 3.13. The van der Waals surface area contributed by atoms with E-state index < -0.39 is 0 Å². The lowest BCUT2D eigenvalue weighted by Gasteiger charge is -2.18. The summed E-state index contributed by atoms with van der Waals surface area (Å²) in [5.41, 5.74) is 3.30. The Bertz CT molecular complexity index is 1030. The molecule has 2 heterocycles. The molecule has 3 aromatic rings. The van der Waals surface area contributed by atoms with Crippen LogP contribution in [0.2, 0.25) is 0 Å². The van der Waals surface area contributed by atoms with Crippen LogP contribution in [0, 0.1) is 6.92 Å². The van der Waals surface area contributed by atoms with E-state index >= 15 is 0 Å². The molecule has 4 rings (SSSR count). The topological polar surface area (TPSA) is 78.3 Å². The van der Waals surface area contributed by atoms with E-state index in [-0.39, 0.29) is 5.91 Å². The number of fused-ring (bicyclic) bond motifs is 1. The van der Waals surface area contributed by atoms with Gasteiger partial charge < -0.3 is 19.4 Å². The summed E-state index contributed by atoms with van der Waals surface area (Å²) in [4.78, 5) is 12.2. The SMILES string of the molecule is Cc1ccc(-c2nnc(SCC(=O)NCCc3ccc4c(c3)OCCO4)n2C)cc1. The molecule has 2 aromatic carbocycles. The van der Waals surface area contributed by atoms with Gasteiger partial charge >= 0.3 is 0 Å². The summed E-state index contributed by atoms with van der Waals surface area (Å²) >= 11 is 1.38. The zero-order valence-corrected chi connectivity index (χ0v) is 17.9. The molecule has 0 atom stereocenters. The predicted octanol–water partition coefficient (Wildman–Crippen LogP) is 3.01. The predicted molar refractivity (Wildman–Crippen MR) is 116 cm³/mol. The third kappa shape index (κ3) is 4.76. The molecule has 1 aliphatic rings. The molecule has 0 spiro atoms. The number of amides is 1. The lowest BCUT2D eigenvalue weighted by molar-refractivity contribution is -0.118. The Hall–Kier alpha value is -3.00. The highest BCUT2D eigenvalue weighted by atomic mass is 32.2. The Balaban J connectivity index is 1.26. The maximum atomic E-state index is 12.2. The van der Waals surface area contributed by atoms with Gasteiger partial charge in [-0.25, -0.2) is 0 Å². The van der Waals surface area contributed by atoms with Crippen LogP contribution in [0.4, 0.5) is 0 Å². The Kier molecular flexibility index (Phi) is 6.23. The lowest BCUT2D eigenvalue weighted by Crippen LogP contribution is -2.27. The van der Waals surface area contributed by atoms with E-state index in [1.54, 1.807) is 0 Å². The molecule has 1 aromatic heterocycles. The van der Waals surface area contributed by atoms with Crippen molar-refractivity contribution in [3.8, 4) is 22.9 Å². The van der Waals surface area contributed by atoms with Gasteiger partial charge in [0.2, 0.25) is 5.91 Å². The van der Waals surface area contributed by atoms with E-state index in [0.717, 1.165) is 34.9 Å². The molecular weight excluding hydrogens is 400 g/mol. The molecule has 0 saturated carbocycles. The maximum Gasteiger partial charge on any atom is 0.230 e. The fraction of sp³-hybridized carbons (Fsp3) is 0.318. The smallest absolute Gasteiger partial charge is 0.230 e. The molecule has 0 unspecified atom stereocenters. The largest absolute Gasteiger partial charge is 0.486 e. The summed E-state index contributed by atoms with van der Waals surface area (Å²) in [6, 6.07) is 14.0. The molecule has 0 bridgehead atoms. The first-order valence-electron chi connectivity index (χ1n) is 9.84. The van der Waals surface area contributed by atoms with Gasteiger partial charge in [-0.3, -0.25) is 4.79 Å². The number of rotatable bonds is 7. The van der Waals surface area contributed by atoms with E-state index in [0.29, 0.717) is 30.7 Å². The summed E-state index contributed by atoms with van der Waals surface area (Å²) in [6.07, 6.45) is 0.731. The number of benzene rings is 2. The lowest BCUT2D eigenvalue weighted by atomic mass is 10.1. The van der Waals surface area contributed by atoms with E-state index in [4.69, 9.17) is 9.47 Å². The number of aromatic nitrogens is 3. The maximum absolute atomic E-state index is 12.2. The summed E-state index contributed by atoms with van der Waals surface area (Å²) in [5.74, 6) is 2.60. The molecule has 1 amide bonds. The van der Waals surface area contributed by atoms with Gasteiger partial charge in [0, 0.05) is 19.2 Å². The van der Waals surface area contributed by atoms with Crippen LogP contribution in [-0.4, -0.2) is 46.2 Å². The Morgan fingerprint density at radius 2 is 1.87 bits per heavy atom. The molecule has 7 nitrogen and oxygen atoms in total. The van der Waals surface area contributed by atoms with Crippen molar-refractivity contribution in [1.82, 2.24) is 20.1 Å². The molecule has 1 N–H and O–H groups in total. The fourth-order valence-corrected chi connectivity index (χ4v) is 3.91. The van der Waals surface area contributed by atoms with E-state index in [2.05, 4.69) is 15.5 Å². The van der Waals surface area contributed by atoms with Crippen molar-refractivity contribution in [3.63, 3.8) is 0 Å². The van der Waals surface area contributed by atoms with Gasteiger partial charge in [0.15, 0.2) is 22.5 Å². The van der Waals surface area contributed by atoms with Gasteiger partial charge in [-0.1, -0.05) is 47.7 Å². The van der Waals surface area contributed by atoms with Crippen LogP contribution in [0.1, 0.15) is 11.1 Å². The molecule has 0 saturated heterocycles. The van der Waals surface area contributed by atoms with Crippen LogP contribution in [0.15, 0.2) is 47.6 Å². The summed E-state index contributed by atoms with van der Waals surface area (Å²) in [5, 5.41) is 12.2. The van der Waals surface area contributed by atoms with Crippen LogP contribution in [0.5, 0.6) is 11.5 Å². The van der Waals surface area contributed by atoms with Crippen LogP contribution in [-0.2, 0) is 18.3 Å². The Morgan fingerprint density at radius 3 is 2.67 bits per heavy atom. The zero-order chi connectivity index (χ0) is 20.9. The highest BCUT2D eigenvalue weighted by Crippen LogP contribution is 2.30. The molecule has 0 radical (unpaired) electrons. The van der Waals surface area contributed by atoms with Crippen molar-refractivity contribution in [3.05, 3.63) is 53.6 Å². The molecule has 8 heteroatoms. The summed E-state index contributed by atoms with van der Waals surface area (Å²) in [6.45, 7) is 3.76. The monoisotopic (exact) mass is 424 g/mol. The van der Waals surface area contributed by atoms with Crippen LogP contribution >= 0.6 is 11.8 Å². The second-order valence-corrected chi connectivity index (χ2v) is 8.04. The third-order valence-electron chi connectivity index (χ3n) is 4.82. The van der Waals surface area contributed by atoms with Gasteiger partial charge in [-0.05, 0) is 31.0 Å². The van der Waals surface area contributed by atoms with E-state index in [1.807, 2.05) is 61.0 Å². The van der Waals surface area contributed by atoms with Crippen LogP contribution in [0.25, 0.3) is 11.4 Å². The number of ether oxygens (including phenoxy) is 2. The molecule has 1 aliphatic heterocycles. The van der Waals surface area contributed by atoms with Gasteiger partial charge in [-0.15, -0.1) is 10.2 Å². The molecule has 30 heavy (non-hydrogen) atoms. The first-order chi connectivity index (χ1) is 14.6. The number of thioether (sulfide) groups is 1. The zero-order valence-electron chi connectivity index (χ0n) is 17.1. The van der Waals surface area contributed by atoms with Gasteiger partial charge in [0.1, 0.15) is 13.2 Å². The number of nitrogens with one attached hydrogen (secondary N) is 1. The number of hydrogen-bond acceptors (Lipinski definition) is 6. The second kappa shape index (κ2) is 9.21. The normalized spacial score (nSPS) is 12.6.